The van der Waals surface area contributed by atoms with Gasteiger partial charge in [0.05, 0.1) is 16.9 Å². The maximum atomic E-state index is 13.3. The summed E-state index contributed by atoms with van der Waals surface area (Å²) >= 11 is 1.45. The molecule has 2 amide bonds. The van der Waals surface area contributed by atoms with Crippen molar-refractivity contribution in [2.24, 2.45) is 5.92 Å². The van der Waals surface area contributed by atoms with E-state index in [1.54, 1.807) is 18.2 Å². The highest BCUT2D eigenvalue weighted by molar-refractivity contribution is 7.20. The fourth-order valence-corrected chi connectivity index (χ4v) is 5.28. The van der Waals surface area contributed by atoms with E-state index in [-0.39, 0.29) is 12.0 Å². The molecule has 9 heteroatoms. The lowest BCUT2D eigenvalue weighted by molar-refractivity contribution is 0.0574. The monoisotopic (exact) mass is 431 g/mol. The summed E-state index contributed by atoms with van der Waals surface area (Å²) in [5.41, 5.74) is 0.960. The molecule has 2 aromatic rings. The molecule has 0 aromatic carbocycles. The topological polar surface area (TPSA) is 78.9 Å². The molecule has 4 rings (SSSR count). The number of fused-ring (bicyclic) bond motifs is 1. The molecule has 0 atom stereocenters. The van der Waals surface area contributed by atoms with Crippen molar-refractivity contribution >= 4 is 39.4 Å². The average Bonchev–Trinajstić information content (AvgIpc) is 3.11. The number of piperidine rings is 1. The van der Waals surface area contributed by atoms with Crippen LogP contribution in [-0.4, -0.2) is 77.6 Å². The number of aromatic nitrogens is 2. The van der Waals surface area contributed by atoms with Crippen LogP contribution in [0.4, 0.5) is 10.6 Å². The second-order valence-corrected chi connectivity index (χ2v) is 9.08. The highest BCUT2D eigenvalue weighted by Gasteiger charge is 2.29. The van der Waals surface area contributed by atoms with E-state index in [1.165, 1.54) is 11.3 Å². The summed E-state index contributed by atoms with van der Waals surface area (Å²) in [4.78, 5) is 41.6. The van der Waals surface area contributed by atoms with Crippen LogP contribution in [0, 0.1) is 12.8 Å². The van der Waals surface area contributed by atoms with Gasteiger partial charge in [-0.25, -0.2) is 14.8 Å². The van der Waals surface area contributed by atoms with Crippen LogP contribution < -0.4 is 4.90 Å². The molecule has 0 radical (unpaired) electrons. The van der Waals surface area contributed by atoms with Gasteiger partial charge in [0.2, 0.25) is 0 Å². The number of hydrogen-bond acceptors (Lipinski definition) is 7. The SMILES string of the molecule is CCOC(=O)N1CCN(C(=O)c2sc3ncnc(N4CCC(C)CC4)c3c2C)CC1. The molecule has 0 N–H and O–H groups in total. The van der Waals surface area contributed by atoms with Gasteiger partial charge < -0.3 is 19.4 Å². The summed E-state index contributed by atoms with van der Waals surface area (Å²) in [6, 6.07) is 0. The van der Waals surface area contributed by atoms with E-state index >= 15 is 0 Å². The third-order valence-electron chi connectivity index (χ3n) is 6.08. The number of ether oxygens (including phenoxy) is 1. The largest absolute Gasteiger partial charge is 0.450 e. The van der Waals surface area contributed by atoms with E-state index in [9.17, 15) is 9.59 Å². The molecule has 2 aliphatic heterocycles. The number of thiophene rings is 1. The highest BCUT2D eigenvalue weighted by atomic mass is 32.1. The van der Waals surface area contributed by atoms with Gasteiger partial charge in [-0.3, -0.25) is 4.79 Å². The molecule has 2 saturated heterocycles. The number of nitrogens with zero attached hydrogens (tertiary/aromatic N) is 5. The fraction of sp³-hybridized carbons (Fsp3) is 0.619. The molecule has 0 saturated carbocycles. The van der Waals surface area contributed by atoms with Crippen molar-refractivity contribution in [2.75, 3.05) is 50.8 Å². The summed E-state index contributed by atoms with van der Waals surface area (Å²) in [5.74, 6) is 1.71. The number of amides is 2. The molecule has 30 heavy (non-hydrogen) atoms. The lowest BCUT2D eigenvalue weighted by atomic mass is 9.99. The van der Waals surface area contributed by atoms with Crippen molar-refractivity contribution in [3.63, 3.8) is 0 Å². The smallest absolute Gasteiger partial charge is 0.409 e. The Bertz CT molecular complexity index is 930. The predicted molar refractivity (Wildman–Crippen MR) is 117 cm³/mol. The molecule has 0 bridgehead atoms. The highest BCUT2D eigenvalue weighted by Crippen LogP contribution is 2.36. The molecule has 4 heterocycles. The van der Waals surface area contributed by atoms with E-state index in [0.717, 1.165) is 58.3 Å². The second-order valence-electron chi connectivity index (χ2n) is 8.08. The van der Waals surface area contributed by atoms with Gasteiger partial charge in [-0.05, 0) is 38.2 Å². The summed E-state index contributed by atoms with van der Waals surface area (Å²) in [6.45, 7) is 10.4. The third-order valence-corrected chi connectivity index (χ3v) is 7.26. The van der Waals surface area contributed by atoms with Gasteiger partial charge in [0, 0.05) is 39.3 Å². The zero-order valence-corrected chi connectivity index (χ0v) is 18.7. The first-order valence-electron chi connectivity index (χ1n) is 10.7. The van der Waals surface area contributed by atoms with Gasteiger partial charge in [-0.15, -0.1) is 11.3 Å². The first-order valence-corrected chi connectivity index (χ1v) is 11.5. The minimum atomic E-state index is -0.307. The summed E-state index contributed by atoms with van der Waals surface area (Å²) < 4.78 is 5.06. The van der Waals surface area contributed by atoms with Crippen molar-refractivity contribution in [3.8, 4) is 0 Å². The lowest BCUT2D eigenvalue weighted by Gasteiger charge is -2.34. The molecule has 8 nitrogen and oxygen atoms in total. The maximum absolute atomic E-state index is 13.3. The standard InChI is InChI=1S/C21H29N5O3S/c1-4-29-21(28)26-11-9-25(10-12-26)20(27)17-15(3)16-18(22-13-23-19(16)30-17)24-7-5-14(2)6-8-24/h13-14H,4-12H2,1-3H3. The van der Waals surface area contributed by atoms with E-state index in [2.05, 4.69) is 21.8 Å². The average molecular weight is 432 g/mol. The Labute approximate surface area is 180 Å². The fourth-order valence-electron chi connectivity index (χ4n) is 4.17. The van der Waals surface area contributed by atoms with Crippen molar-refractivity contribution in [1.29, 1.82) is 0 Å². The Hall–Kier alpha value is -2.42. The van der Waals surface area contributed by atoms with E-state index in [0.29, 0.717) is 32.8 Å². The predicted octanol–water partition coefficient (Wildman–Crippen LogP) is 3.15. The molecule has 0 unspecified atom stereocenters. The van der Waals surface area contributed by atoms with Crippen LogP contribution >= 0.6 is 11.3 Å². The first kappa shape index (κ1) is 20.8. The normalized spacial score (nSPS) is 18.2. The zero-order valence-electron chi connectivity index (χ0n) is 17.9. The minimum Gasteiger partial charge on any atom is -0.450 e. The van der Waals surface area contributed by atoms with Crippen molar-refractivity contribution in [3.05, 3.63) is 16.8 Å². The Morgan fingerprint density at radius 2 is 1.77 bits per heavy atom. The first-order chi connectivity index (χ1) is 14.5. The van der Waals surface area contributed by atoms with Crippen LogP contribution in [0.25, 0.3) is 10.2 Å². The molecule has 162 valence electrons. The number of carbonyl (C=O) groups is 2. The van der Waals surface area contributed by atoms with Gasteiger partial charge in [0.15, 0.2) is 0 Å². The van der Waals surface area contributed by atoms with Crippen molar-refractivity contribution < 1.29 is 14.3 Å². The van der Waals surface area contributed by atoms with Crippen LogP contribution in [0.3, 0.4) is 0 Å². The second kappa shape index (κ2) is 8.75. The van der Waals surface area contributed by atoms with Crippen molar-refractivity contribution in [1.82, 2.24) is 19.8 Å². The molecule has 0 aliphatic carbocycles. The van der Waals surface area contributed by atoms with Crippen LogP contribution in [-0.2, 0) is 4.74 Å². The van der Waals surface area contributed by atoms with Gasteiger partial charge in [0.25, 0.3) is 5.91 Å². The van der Waals surface area contributed by atoms with Gasteiger partial charge >= 0.3 is 6.09 Å². The van der Waals surface area contributed by atoms with Crippen LogP contribution in [0.5, 0.6) is 0 Å². The van der Waals surface area contributed by atoms with Crippen LogP contribution in [0.15, 0.2) is 6.33 Å². The Balaban J connectivity index is 1.54. The molecule has 2 fully saturated rings. The number of aryl methyl sites for hydroxylation is 1. The summed E-state index contributed by atoms with van der Waals surface area (Å²) in [5, 5.41) is 1.01. The van der Waals surface area contributed by atoms with E-state index in [1.807, 2.05) is 11.8 Å². The molecular formula is C21H29N5O3S. The van der Waals surface area contributed by atoms with Gasteiger partial charge in [-0.2, -0.15) is 0 Å². The molecule has 2 aliphatic rings. The summed E-state index contributed by atoms with van der Waals surface area (Å²) in [7, 11) is 0. The summed E-state index contributed by atoms with van der Waals surface area (Å²) in [6.07, 6.45) is 3.62. The molecule has 0 spiro atoms. The van der Waals surface area contributed by atoms with Gasteiger partial charge in [-0.1, -0.05) is 6.92 Å². The number of anilines is 1. The van der Waals surface area contributed by atoms with Crippen LogP contribution in [0.2, 0.25) is 0 Å². The molecule has 2 aromatic heterocycles. The third kappa shape index (κ3) is 3.95. The maximum Gasteiger partial charge on any atom is 0.409 e. The van der Waals surface area contributed by atoms with Crippen LogP contribution in [0.1, 0.15) is 41.9 Å². The van der Waals surface area contributed by atoms with E-state index in [4.69, 9.17) is 4.74 Å². The lowest BCUT2D eigenvalue weighted by Crippen LogP contribution is -2.50. The number of hydrogen-bond donors (Lipinski definition) is 0. The number of rotatable bonds is 3. The van der Waals surface area contributed by atoms with Gasteiger partial charge in [0.1, 0.15) is 17.0 Å². The zero-order chi connectivity index (χ0) is 21.3. The Morgan fingerprint density at radius 3 is 2.43 bits per heavy atom. The minimum absolute atomic E-state index is 0.0113. The quantitative estimate of drug-likeness (QED) is 0.743. The number of piperazine rings is 1. The number of carbonyl (C=O) groups excluding carboxylic acids is 2. The van der Waals surface area contributed by atoms with Crippen molar-refractivity contribution in [2.45, 2.75) is 33.6 Å². The Morgan fingerprint density at radius 1 is 1.10 bits per heavy atom. The Kier molecular flexibility index (Phi) is 6.08. The van der Waals surface area contributed by atoms with E-state index < -0.39 is 0 Å². The molecular weight excluding hydrogens is 402 g/mol.